The second-order valence-electron chi connectivity index (χ2n) is 14.4. The van der Waals surface area contributed by atoms with Crippen molar-refractivity contribution >= 4 is 65.6 Å². The van der Waals surface area contributed by atoms with Crippen LogP contribution < -0.4 is 0 Å². The van der Waals surface area contributed by atoms with Gasteiger partial charge in [-0.05, 0) is 59.7 Å². The van der Waals surface area contributed by atoms with Gasteiger partial charge in [0.1, 0.15) is 11.1 Å². The van der Waals surface area contributed by atoms with Crippen molar-refractivity contribution < 1.29 is 4.42 Å². The van der Waals surface area contributed by atoms with Gasteiger partial charge in [-0.2, -0.15) is 9.97 Å². The Labute approximate surface area is 326 Å². The second-order valence-corrected chi connectivity index (χ2v) is 14.4. The summed E-state index contributed by atoms with van der Waals surface area (Å²) in [6.45, 7) is 0. The molecule has 4 heterocycles. The predicted octanol–water partition coefficient (Wildman–Crippen LogP) is 13.0. The van der Waals surface area contributed by atoms with Gasteiger partial charge in [0.15, 0.2) is 17.2 Å². The first-order valence-corrected chi connectivity index (χ1v) is 19.1. The monoisotopic (exact) mass is 729 g/mol. The SMILES string of the molecule is c1ccc(-c2cccc(-c3nc(-c4cccc5c4c4ccccc4n5-c4ccccc4)nc(-n4c5ccccc5c5ccc6c7ccccc7oc6c54)n3)c2)cc1. The third kappa shape index (κ3) is 4.81. The molecule has 0 bridgehead atoms. The number of hydrogen-bond donors (Lipinski definition) is 0. The van der Waals surface area contributed by atoms with Gasteiger partial charge in [0, 0.05) is 49.1 Å². The van der Waals surface area contributed by atoms with Gasteiger partial charge < -0.3 is 8.98 Å². The van der Waals surface area contributed by atoms with E-state index < -0.39 is 0 Å². The maximum absolute atomic E-state index is 6.71. The van der Waals surface area contributed by atoms with Gasteiger partial charge in [0.05, 0.1) is 16.6 Å². The lowest BCUT2D eigenvalue weighted by atomic mass is 10.0. The topological polar surface area (TPSA) is 61.7 Å². The first-order valence-electron chi connectivity index (χ1n) is 19.1. The average Bonchev–Trinajstić information content (AvgIpc) is 3.95. The van der Waals surface area contributed by atoms with Crippen molar-refractivity contribution in [3.63, 3.8) is 0 Å². The first-order chi connectivity index (χ1) is 28.3. The van der Waals surface area contributed by atoms with Crippen LogP contribution in [-0.4, -0.2) is 24.1 Å². The van der Waals surface area contributed by atoms with E-state index in [0.29, 0.717) is 17.6 Å². The van der Waals surface area contributed by atoms with E-state index in [-0.39, 0.29) is 0 Å². The molecule has 0 unspecified atom stereocenters. The molecule has 0 atom stereocenters. The molecule has 57 heavy (non-hydrogen) atoms. The fourth-order valence-electron chi connectivity index (χ4n) is 8.68. The Bertz CT molecular complexity index is 3520. The molecule has 0 radical (unpaired) electrons. The second kappa shape index (κ2) is 12.3. The number of para-hydroxylation sites is 4. The van der Waals surface area contributed by atoms with Gasteiger partial charge in [-0.3, -0.25) is 4.57 Å². The molecule has 12 rings (SSSR count). The maximum atomic E-state index is 6.71. The van der Waals surface area contributed by atoms with E-state index in [2.05, 4.69) is 179 Å². The zero-order valence-corrected chi connectivity index (χ0v) is 30.5. The smallest absolute Gasteiger partial charge is 0.238 e. The Hall–Kier alpha value is -7.83. The standard InChI is InChI=1S/C51H31N5O/c1-3-15-32(16-4-1)33-17-13-18-34(31-33)49-52-50(41-24-14-27-44-46(41)40-23-8-11-26-43(40)55(44)35-19-5-2-6-20-35)54-51(53-49)56-42-25-10-7-21-36(42)38-29-30-39-37-22-9-12-28-45(37)57-48(39)47(38)56/h1-31H. The predicted molar refractivity (Wildman–Crippen MR) is 232 cm³/mol. The molecule has 0 saturated heterocycles. The average molecular weight is 730 g/mol. The van der Waals surface area contributed by atoms with E-state index in [1.54, 1.807) is 0 Å². The minimum Gasteiger partial charge on any atom is -0.454 e. The van der Waals surface area contributed by atoms with Crippen molar-refractivity contribution in [3.8, 4) is 45.5 Å². The summed E-state index contributed by atoms with van der Waals surface area (Å²) in [5.41, 5.74) is 10.9. The molecular weight excluding hydrogens is 699 g/mol. The van der Waals surface area contributed by atoms with Crippen molar-refractivity contribution in [3.05, 3.63) is 188 Å². The van der Waals surface area contributed by atoms with E-state index in [4.69, 9.17) is 19.4 Å². The molecular formula is C51H31N5O. The summed E-state index contributed by atoms with van der Waals surface area (Å²) >= 11 is 0. The maximum Gasteiger partial charge on any atom is 0.238 e. The molecule has 0 aliphatic rings. The highest BCUT2D eigenvalue weighted by Gasteiger charge is 2.24. The molecule has 0 aliphatic carbocycles. The molecule has 0 amide bonds. The van der Waals surface area contributed by atoms with Gasteiger partial charge in [-0.15, -0.1) is 0 Å². The molecule has 0 saturated carbocycles. The fourth-order valence-corrected chi connectivity index (χ4v) is 8.68. The number of fused-ring (bicyclic) bond motifs is 10. The van der Waals surface area contributed by atoms with E-state index >= 15 is 0 Å². The van der Waals surface area contributed by atoms with Crippen LogP contribution in [0.3, 0.4) is 0 Å². The van der Waals surface area contributed by atoms with Crippen molar-refractivity contribution in [2.24, 2.45) is 0 Å². The van der Waals surface area contributed by atoms with Crippen LogP contribution in [0.2, 0.25) is 0 Å². The van der Waals surface area contributed by atoms with E-state index in [0.717, 1.165) is 93.5 Å². The molecule has 0 aliphatic heterocycles. The fraction of sp³-hybridized carbons (Fsp3) is 0. The lowest BCUT2D eigenvalue weighted by Crippen LogP contribution is -2.06. The summed E-state index contributed by atoms with van der Waals surface area (Å²) in [6, 6.07) is 65.4. The van der Waals surface area contributed by atoms with Crippen molar-refractivity contribution in [1.82, 2.24) is 24.1 Å². The van der Waals surface area contributed by atoms with Gasteiger partial charge >= 0.3 is 0 Å². The third-order valence-electron chi connectivity index (χ3n) is 11.2. The highest BCUT2D eigenvalue weighted by molar-refractivity contribution is 6.21. The van der Waals surface area contributed by atoms with Crippen molar-refractivity contribution in [2.75, 3.05) is 0 Å². The van der Waals surface area contributed by atoms with Crippen LogP contribution >= 0.6 is 0 Å². The molecule has 12 aromatic rings. The minimum atomic E-state index is 0.517. The zero-order valence-electron chi connectivity index (χ0n) is 30.5. The molecule has 8 aromatic carbocycles. The first kappa shape index (κ1) is 31.5. The van der Waals surface area contributed by atoms with Crippen LogP contribution in [-0.2, 0) is 0 Å². The molecule has 0 N–H and O–H groups in total. The Kier molecular flexibility index (Phi) is 6.83. The van der Waals surface area contributed by atoms with Crippen LogP contribution in [0.4, 0.5) is 0 Å². The lowest BCUT2D eigenvalue weighted by molar-refractivity contribution is 0.670. The highest BCUT2D eigenvalue weighted by Crippen LogP contribution is 2.42. The molecule has 0 fully saturated rings. The van der Waals surface area contributed by atoms with Crippen LogP contribution in [0.1, 0.15) is 0 Å². The van der Waals surface area contributed by atoms with E-state index in [1.165, 1.54) is 0 Å². The lowest BCUT2D eigenvalue weighted by Gasteiger charge is -2.12. The molecule has 0 spiro atoms. The van der Waals surface area contributed by atoms with Crippen molar-refractivity contribution in [1.29, 1.82) is 0 Å². The number of aromatic nitrogens is 5. The summed E-state index contributed by atoms with van der Waals surface area (Å²) in [4.78, 5) is 16.1. The number of nitrogens with zero attached hydrogens (tertiary/aromatic N) is 5. The molecule has 6 heteroatoms. The Balaban J connectivity index is 1.19. The van der Waals surface area contributed by atoms with Crippen LogP contribution in [0.15, 0.2) is 192 Å². The number of rotatable bonds is 5. The quantitative estimate of drug-likeness (QED) is 0.177. The number of hydrogen-bond acceptors (Lipinski definition) is 4. The van der Waals surface area contributed by atoms with Gasteiger partial charge in [-0.25, -0.2) is 4.98 Å². The summed E-state index contributed by atoms with van der Waals surface area (Å²) in [6.07, 6.45) is 0. The number of furan rings is 1. The Morgan fingerprint density at radius 2 is 1.00 bits per heavy atom. The normalized spacial score (nSPS) is 11.9. The van der Waals surface area contributed by atoms with Gasteiger partial charge in [0.25, 0.3) is 0 Å². The van der Waals surface area contributed by atoms with Gasteiger partial charge in [-0.1, -0.05) is 140 Å². The highest BCUT2D eigenvalue weighted by atomic mass is 16.3. The van der Waals surface area contributed by atoms with Crippen LogP contribution in [0.25, 0.3) is 111 Å². The summed E-state index contributed by atoms with van der Waals surface area (Å²) in [5.74, 6) is 1.69. The Morgan fingerprint density at radius 3 is 1.84 bits per heavy atom. The van der Waals surface area contributed by atoms with E-state index in [9.17, 15) is 0 Å². The molecule has 6 nitrogen and oxygen atoms in total. The molecule has 266 valence electrons. The summed E-state index contributed by atoms with van der Waals surface area (Å²) in [7, 11) is 0. The van der Waals surface area contributed by atoms with Gasteiger partial charge in [0.2, 0.25) is 5.95 Å². The van der Waals surface area contributed by atoms with Crippen LogP contribution in [0.5, 0.6) is 0 Å². The zero-order chi connectivity index (χ0) is 37.5. The minimum absolute atomic E-state index is 0.517. The van der Waals surface area contributed by atoms with Crippen molar-refractivity contribution in [2.45, 2.75) is 0 Å². The third-order valence-corrected chi connectivity index (χ3v) is 11.2. The number of benzene rings is 8. The largest absolute Gasteiger partial charge is 0.454 e. The Morgan fingerprint density at radius 1 is 0.386 bits per heavy atom. The molecule has 4 aromatic heterocycles. The van der Waals surface area contributed by atoms with E-state index in [1.807, 2.05) is 18.2 Å². The van der Waals surface area contributed by atoms with Crippen LogP contribution in [0, 0.1) is 0 Å². The summed E-state index contributed by atoms with van der Waals surface area (Å²) in [5, 5.41) is 6.49. The summed E-state index contributed by atoms with van der Waals surface area (Å²) < 4.78 is 11.2.